The summed E-state index contributed by atoms with van der Waals surface area (Å²) in [4.78, 5) is 2.36. The minimum Gasteiger partial charge on any atom is -0.493 e. The van der Waals surface area contributed by atoms with Crippen molar-refractivity contribution in [1.82, 2.24) is 4.90 Å². The van der Waals surface area contributed by atoms with Crippen molar-refractivity contribution in [2.45, 2.75) is 25.4 Å². The van der Waals surface area contributed by atoms with Crippen molar-refractivity contribution >= 4 is 5.57 Å². The van der Waals surface area contributed by atoms with Crippen molar-refractivity contribution in [1.29, 1.82) is 0 Å². The normalized spacial score (nSPS) is 26.2. The second-order valence-electron chi connectivity index (χ2n) is 5.39. The third kappa shape index (κ3) is 2.45. The summed E-state index contributed by atoms with van der Waals surface area (Å²) in [5, 5.41) is 0. The Morgan fingerprint density at radius 2 is 2.25 bits per heavy atom. The van der Waals surface area contributed by atoms with Crippen LogP contribution >= 0.6 is 0 Å². The molecular formula is C16H20FNO2. The fourth-order valence-corrected chi connectivity index (χ4v) is 2.99. The number of fused-ring (bicyclic) bond motifs is 2. The van der Waals surface area contributed by atoms with E-state index in [1.54, 1.807) is 0 Å². The molecule has 2 atom stereocenters. The number of benzene rings is 1. The van der Waals surface area contributed by atoms with E-state index in [0.29, 0.717) is 24.4 Å². The number of nitrogens with zero attached hydrogens (tertiary/aromatic N) is 1. The maximum absolute atomic E-state index is 13.4. The van der Waals surface area contributed by atoms with Gasteiger partial charge in [-0.3, -0.25) is 4.90 Å². The molecule has 2 aliphatic rings. The number of halogens is 1. The smallest absolute Gasteiger partial charge is 0.129 e. The molecule has 1 fully saturated rings. The summed E-state index contributed by atoms with van der Waals surface area (Å²) in [5.74, 6) is 0.386. The van der Waals surface area contributed by atoms with E-state index in [0.717, 1.165) is 25.2 Å². The first-order chi connectivity index (χ1) is 9.69. The lowest BCUT2D eigenvalue weighted by atomic mass is 9.90. The van der Waals surface area contributed by atoms with Gasteiger partial charge in [-0.15, -0.1) is 0 Å². The number of rotatable bonds is 3. The van der Waals surface area contributed by atoms with Crippen LogP contribution in [0.2, 0.25) is 0 Å². The highest BCUT2D eigenvalue weighted by molar-refractivity contribution is 5.72. The van der Waals surface area contributed by atoms with Gasteiger partial charge >= 0.3 is 0 Å². The zero-order valence-corrected chi connectivity index (χ0v) is 11.9. The number of hydrogen-bond acceptors (Lipinski definition) is 3. The number of hydrogen-bond donors (Lipinski definition) is 0. The molecule has 2 heterocycles. The van der Waals surface area contributed by atoms with Crippen LogP contribution in [0.3, 0.4) is 0 Å². The van der Waals surface area contributed by atoms with Crippen LogP contribution in [-0.4, -0.2) is 43.9 Å². The molecule has 2 bridgehead atoms. The van der Waals surface area contributed by atoms with Gasteiger partial charge in [0.1, 0.15) is 11.6 Å². The Morgan fingerprint density at radius 3 is 3.00 bits per heavy atom. The molecule has 2 aliphatic heterocycles. The summed E-state index contributed by atoms with van der Waals surface area (Å²) in [6.45, 7) is 3.94. The first-order valence-corrected chi connectivity index (χ1v) is 7.12. The molecule has 1 aromatic rings. The lowest BCUT2D eigenvalue weighted by Gasteiger charge is -2.42. The minimum atomic E-state index is -0.255. The van der Waals surface area contributed by atoms with Crippen molar-refractivity contribution in [3.05, 3.63) is 35.7 Å². The van der Waals surface area contributed by atoms with Crippen molar-refractivity contribution in [3.63, 3.8) is 0 Å². The molecule has 1 saturated heterocycles. The van der Waals surface area contributed by atoms with E-state index < -0.39 is 0 Å². The Kier molecular flexibility index (Phi) is 3.76. The van der Waals surface area contributed by atoms with Crippen LogP contribution in [0.4, 0.5) is 4.39 Å². The molecule has 2 unspecified atom stereocenters. The number of ether oxygens (including phenoxy) is 2. The summed E-state index contributed by atoms with van der Waals surface area (Å²) < 4.78 is 24.6. The first-order valence-electron chi connectivity index (χ1n) is 7.12. The van der Waals surface area contributed by atoms with Gasteiger partial charge in [-0.1, -0.05) is 6.08 Å². The van der Waals surface area contributed by atoms with Crippen LogP contribution in [0.25, 0.3) is 5.57 Å². The Balaban J connectivity index is 1.97. The van der Waals surface area contributed by atoms with Crippen molar-refractivity contribution < 1.29 is 13.9 Å². The molecule has 0 aromatic heterocycles. The number of likely N-dealkylation sites (N-methyl/N-ethyl adjacent to an activating group) is 1. The zero-order chi connectivity index (χ0) is 14.1. The van der Waals surface area contributed by atoms with E-state index in [9.17, 15) is 4.39 Å². The molecule has 0 N–H and O–H groups in total. The minimum absolute atomic E-state index is 0.255. The zero-order valence-electron chi connectivity index (χ0n) is 11.9. The third-order valence-electron chi connectivity index (χ3n) is 4.14. The van der Waals surface area contributed by atoms with Gasteiger partial charge in [0.25, 0.3) is 0 Å². The first kappa shape index (κ1) is 13.6. The summed E-state index contributed by atoms with van der Waals surface area (Å²) in [5.41, 5.74) is 2.25. The maximum Gasteiger partial charge on any atom is 0.129 e. The van der Waals surface area contributed by atoms with E-state index in [1.807, 2.05) is 13.0 Å². The fourth-order valence-electron chi connectivity index (χ4n) is 2.99. The van der Waals surface area contributed by atoms with E-state index in [2.05, 4.69) is 18.0 Å². The maximum atomic E-state index is 13.4. The van der Waals surface area contributed by atoms with Gasteiger partial charge in [0.2, 0.25) is 0 Å². The lowest BCUT2D eigenvalue weighted by molar-refractivity contribution is -0.0221. The summed E-state index contributed by atoms with van der Waals surface area (Å²) in [6, 6.07) is 5.51. The summed E-state index contributed by atoms with van der Waals surface area (Å²) >= 11 is 0. The number of morpholine rings is 1. The molecule has 0 spiro atoms. The Bertz CT molecular complexity index is 529. The van der Waals surface area contributed by atoms with Crippen LogP contribution < -0.4 is 4.74 Å². The average Bonchev–Trinajstić information content (AvgIpc) is 2.39. The second kappa shape index (κ2) is 5.54. The molecule has 0 aliphatic carbocycles. The van der Waals surface area contributed by atoms with Crippen LogP contribution in [0.1, 0.15) is 18.9 Å². The molecule has 3 nitrogen and oxygen atoms in total. The lowest BCUT2D eigenvalue weighted by Crippen LogP contribution is -2.51. The van der Waals surface area contributed by atoms with Crippen molar-refractivity contribution in [3.8, 4) is 5.75 Å². The quantitative estimate of drug-likeness (QED) is 0.848. The summed E-state index contributed by atoms with van der Waals surface area (Å²) in [6.07, 6.45) is 3.14. The molecular weight excluding hydrogens is 257 g/mol. The van der Waals surface area contributed by atoms with Gasteiger partial charge in [0, 0.05) is 17.7 Å². The molecule has 4 heteroatoms. The monoisotopic (exact) mass is 277 g/mol. The van der Waals surface area contributed by atoms with E-state index in [1.165, 1.54) is 17.7 Å². The highest BCUT2D eigenvalue weighted by atomic mass is 19.1. The molecule has 0 radical (unpaired) electrons. The molecule has 20 heavy (non-hydrogen) atoms. The van der Waals surface area contributed by atoms with Gasteiger partial charge < -0.3 is 9.47 Å². The predicted molar refractivity (Wildman–Crippen MR) is 76.3 cm³/mol. The average molecular weight is 277 g/mol. The van der Waals surface area contributed by atoms with Crippen molar-refractivity contribution in [2.75, 3.05) is 26.9 Å². The van der Waals surface area contributed by atoms with Crippen LogP contribution in [0.5, 0.6) is 5.75 Å². The molecule has 3 rings (SSSR count). The second-order valence-corrected chi connectivity index (χ2v) is 5.39. The molecule has 0 saturated carbocycles. The van der Waals surface area contributed by atoms with Crippen LogP contribution in [0, 0.1) is 5.82 Å². The Labute approximate surface area is 119 Å². The Hall–Kier alpha value is -1.39. The fraction of sp³-hybridized carbons (Fsp3) is 0.500. The van der Waals surface area contributed by atoms with Gasteiger partial charge in [0.15, 0.2) is 0 Å². The van der Waals surface area contributed by atoms with E-state index in [-0.39, 0.29) is 5.82 Å². The van der Waals surface area contributed by atoms with Crippen molar-refractivity contribution in [2.24, 2.45) is 0 Å². The van der Waals surface area contributed by atoms with E-state index in [4.69, 9.17) is 9.47 Å². The molecule has 0 amide bonds. The molecule has 1 aromatic carbocycles. The molecule has 108 valence electrons. The van der Waals surface area contributed by atoms with Crippen LogP contribution in [0.15, 0.2) is 24.3 Å². The van der Waals surface area contributed by atoms with Gasteiger partial charge in [-0.25, -0.2) is 4.39 Å². The van der Waals surface area contributed by atoms with Gasteiger partial charge in [0.05, 0.1) is 25.9 Å². The topological polar surface area (TPSA) is 21.7 Å². The third-order valence-corrected chi connectivity index (χ3v) is 4.14. The van der Waals surface area contributed by atoms with Gasteiger partial charge in [-0.05, 0) is 38.1 Å². The predicted octanol–water partition coefficient (Wildman–Crippen LogP) is 2.71. The SMILES string of the molecule is CCOc1cc(F)ccc1C1=CC2COCC(C1)N2C. The largest absolute Gasteiger partial charge is 0.493 e. The van der Waals surface area contributed by atoms with E-state index >= 15 is 0 Å². The standard InChI is InChI=1S/C16H20FNO2/c1-3-20-16-8-12(17)4-5-15(16)11-6-13-9-19-10-14(7-11)18(13)2/h4-6,8,13-14H,3,7,9-10H2,1-2H3. The highest BCUT2D eigenvalue weighted by Crippen LogP contribution is 2.36. The summed E-state index contributed by atoms with van der Waals surface area (Å²) in [7, 11) is 2.14. The highest BCUT2D eigenvalue weighted by Gasteiger charge is 2.32. The Morgan fingerprint density at radius 1 is 1.40 bits per heavy atom. The van der Waals surface area contributed by atoms with Gasteiger partial charge in [-0.2, -0.15) is 0 Å². The van der Waals surface area contributed by atoms with Crippen LogP contribution in [-0.2, 0) is 4.74 Å².